The summed E-state index contributed by atoms with van der Waals surface area (Å²) in [6.45, 7) is 5.81. The third-order valence-electron chi connectivity index (χ3n) is 2.45. The first-order valence-corrected chi connectivity index (χ1v) is 7.52. The largest absolute Gasteiger partial charge is 0.474 e. The average Bonchev–Trinajstić information content (AvgIpc) is 2.39. The summed E-state index contributed by atoms with van der Waals surface area (Å²) in [5.41, 5.74) is -0.183. The predicted octanol–water partition coefficient (Wildman–Crippen LogP) is 2.35. The molecular weight excluding hydrogens is 305 g/mol. The van der Waals surface area contributed by atoms with Crippen LogP contribution in [-0.2, 0) is 0 Å². The highest BCUT2D eigenvalue weighted by atomic mass is 32.2. The van der Waals surface area contributed by atoms with Gasteiger partial charge in [0.15, 0.2) is 5.82 Å². The molecule has 1 heterocycles. The molecular formula is C13H19F3N2O2S. The Bertz CT molecular complexity index is 495. The van der Waals surface area contributed by atoms with Crippen LogP contribution in [0.5, 0.6) is 5.88 Å². The fourth-order valence-corrected chi connectivity index (χ4v) is 1.95. The molecule has 0 aromatic carbocycles. The lowest BCUT2D eigenvalue weighted by Gasteiger charge is -2.23. The average molecular weight is 324 g/mol. The van der Waals surface area contributed by atoms with Crippen molar-refractivity contribution in [2.45, 2.75) is 37.3 Å². The molecule has 0 fully saturated rings. The third-order valence-corrected chi connectivity index (χ3v) is 3.21. The lowest BCUT2D eigenvalue weighted by Crippen LogP contribution is -2.42. The second-order valence-electron chi connectivity index (χ2n) is 5.46. The zero-order valence-electron chi connectivity index (χ0n) is 12.3. The van der Waals surface area contributed by atoms with Crippen molar-refractivity contribution in [3.63, 3.8) is 0 Å². The van der Waals surface area contributed by atoms with Gasteiger partial charge in [-0.05, 0) is 27.0 Å². The van der Waals surface area contributed by atoms with Gasteiger partial charge in [0, 0.05) is 12.1 Å². The maximum Gasteiger partial charge on any atom is 0.255 e. The molecule has 0 aliphatic heterocycles. The second kappa shape index (κ2) is 7.33. The van der Waals surface area contributed by atoms with Gasteiger partial charge >= 0.3 is 0 Å². The first kappa shape index (κ1) is 18.1. The van der Waals surface area contributed by atoms with E-state index < -0.39 is 23.7 Å². The smallest absolute Gasteiger partial charge is 0.255 e. The Morgan fingerprint density at radius 2 is 1.90 bits per heavy atom. The molecule has 0 aliphatic rings. The minimum absolute atomic E-state index is 0.183. The van der Waals surface area contributed by atoms with Crippen LogP contribution in [0.25, 0.3) is 0 Å². The van der Waals surface area contributed by atoms with Crippen LogP contribution in [0.3, 0.4) is 0 Å². The van der Waals surface area contributed by atoms with Gasteiger partial charge in [0.05, 0.1) is 0 Å². The van der Waals surface area contributed by atoms with E-state index in [1.165, 1.54) is 6.26 Å². The Hall–Kier alpha value is -0.990. The fraction of sp³-hybridized carbons (Fsp3) is 0.615. The van der Waals surface area contributed by atoms with Gasteiger partial charge in [-0.2, -0.15) is 13.8 Å². The van der Waals surface area contributed by atoms with Gasteiger partial charge in [-0.1, -0.05) is 0 Å². The molecule has 0 bridgehead atoms. The van der Waals surface area contributed by atoms with Crippen LogP contribution >= 0.6 is 11.8 Å². The fourth-order valence-electron chi connectivity index (χ4n) is 1.41. The lowest BCUT2D eigenvalue weighted by molar-refractivity contribution is 0.0948. The molecule has 8 heteroatoms. The molecule has 0 spiro atoms. The Labute approximate surface area is 126 Å². The summed E-state index contributed by atoms with van der Waals surface area (Å²) in [7, 11) is 0. The first-order chi connectivity index (χ1) is 9.65. The predicted molar refractivity (Wildman–Crippen MR) is 75.1 cm³/mol. The van der Waals surface area contributed by atoms with Gasteiger partial charge in [0.25, 0.3) is 5.95 Å². The third kappa shape index (κ3) is 5.37. The van der Waals surface area contributed by atoms with Crippen LogP contribution < -0.4 is 10.1 Å². The molecule has 4 nitrogen and oxygen atoms in total. The molecule has 0 aliphatic carbocycles. The van der Waals surface area contributed by atoms with Crippen molar-refractivity contribution in [1.29, 1.82) is 0 Å². The number of thioether (sulfide) groups is 1. The summed E-state index contributed by atoms with van der Waals surface area (Å²) < 4.78 is 44.8. The van der Waals surface area contributed by atoms with Gasteiger partial charge in [0.1, 0.15) is 17.6 Å². The quantitative estimate of drug-likeness (QED) is 0.621. The van der Waals surface area contributed by atoms with E-state index in [9.17, 15) is 18.3 Å². The maximum absolute atomic E-state index is 13.5. The van der Waals surface area contributed by atoms with Crippen LogP contribution in [0.2, 0.25) is 0 Å². The van der Waals surface area contributed by atoms with Gasteiger partial charge in [-0.3, -0.25) is 0 Å². The van der Waals surface area contributed by atoms with Crippen LogP contribution in [-0.4, -0.2) is 41.1 Å². The maximum atomic E-state index is 13.5. The second-order valence-corrected chi connectivity index (χ2v) is 6.28. The minimum Gasteiger partial charge on any atom is -0.474 e. The van der Waals surface area contributed by atoms with Gasteiger partial charge in [0.2, 0.25) is 11.7 Å². The summed E-state index contributed by atoms with van der Waals surface area (Å²) in [6, 6.07) is 0. The molecule has 1 aromatic rings. The number of aliphatic hydroxyl groups excluding tert-OH is 1. The van der Waals surface area contributed by atoms with Crippen LogP contribution in [0.1, 0.15) is 20.8 Å². The highest BCUT2D eigenvalue weighted by Crippen LogP contribution is 2.31. The molecule has 1 aromatic heterocycles. The van der Waals surface area contributed by atoms with E-state index >= 15 is 0 Å². The molecule has 2 N–H and O–H groups in total. The standard InChI is InChI=1S/C13H19F3N2O2S/c1-13(2,3)17-5-7(19)6-20-12-10(21-4)8(14)9(15)11(16)18-12/h7,17,19H,5-6H2,1-4H3. The van der Waals surface area contributed by atoms with E-state index in [1.807, 2.05) is 20.8 Å². The monoisotopic (exact) mass is 324 g/mol. The van der Waals surface area contributed by atoms with Gasteiger partial charge in [-0.15, -0.1) is 11.8 Å². The topological polar surface area (TPSA) is 54.4 Å². The molecule has 0 amide bonds. The van der Waals surface area contributed by atoms with Crippen molar-refractivity contribution in [3.8, 4) is 5.88 Å². The number of hydrogen-bond donors (Lipinski definition) is 2. The van der Waals surface area contributed by atoms with Gasteiger partial charge in [-0.25, -0.2) is 4.39 Å². The number of nitrogens with one attached hydrogen (secondary N) is 1. The van der Waals surface area contributed by atoms with Gasteiger partial charge < -0.3 is 15.2 Å². The van der Waals surface area contributed by atoms with E-state index in [2.05, 4.69) is 10.3 Å². The summed E-state index contributed by atoms with van der Waals surface area (Å²) in [4.78, 5) is 3.00. The van der Waals surface area contributed by atoms with Crippen molar-refractivity contribution >= 4 is 11.8 Å². The molecule has 21 heavy (non-hydrogen) atoms. The Morgan fingerprint density at radius 1 is 1.29 bits per heavy atom. The van der Waals surface area contributed by atoms with E-state index in [4.69, 9.17) is 4.74 Å². The minimum atomic E-state index is -1.64. The molecule has 1 unspecified atom stereocenters. The van der Waals surface area contributed by atoms with Crippen LogP contribution in [0, 0.1) is 17.6 Å². The van der Waals surface area contributed by atoms with E-state index in [0.29, 0.717) is 0 Å². The number of rotatable bonds is 6. The zero-order chi connectivity index (χ0) is 16.2. The number of aliphatic hydroxyl groups is 1. The summed E-state index contributed by atoms with van der Waals surface area (Å²) in [6.07, 6.45) is 0.596. The SMILES string of the molecule is CSc1c(OCC(O)CNC(C)(C)C)nc(F)c(F)c1F. The van der Waals surface area contributed by atoms with Crippen molar-refractivity contribution < 1.29 is 23.0 Å². The number of halogens is 3. The molecule has 0 saturated carbocycles. The first-order valence-electron chi connectivity index (χ1n) is 6.30. The summed E-state index contributed by atoms with van der Waals surface area (Å²) in [5.74, 6) is -4.91. The van der Waals surface area contributed by atoms with E-state index in [0.717, 1.165) is 11.8 Å². The summed E-state index contributed by atoms with van der Waals surface area (Å²) >= 11 is 0.848. The Kier molecular flexibility index (Phi) is 6.30. The number of β-amino-alcohol motifs (C(OH)–C–C–N with tert-alkyl or cyclic N) is 1. The van der Waals surface area contributed by atoms with Crippen LogP contribution in [0.15, 0.2) is 4.90 Å². The lowest BCUT2D eigenvalue weighted by atomic mass is 10.1. The number of aromatic nitrogens is 1. The zero-order valence-corrected chi connectivity index (χ0v) is 13.2. The number of ether oxygens (including phenoxy) is 1. The van der Waals surface area contributed by atoms with Crippen molar-refractivity contribution in [2.75, 3.05) is 19.4 Å². The molecule has 1 atom stereocenters. The van der Waals surface area contributed by atoms with Crippen LogP contribution in [0.4, 0.5) is 13.2 Å². The van der Waals surface area contributed by atoms with Crippen molar-refractivity contribution in [3.05, 3.63) is 17.6 Å². The highest BCUT2D eigenvalue weighted by molar-refractivity contribution is 7.98. The Balaban J connectivity index is 2.71. The number of hydrogen-bond acceptors (Lipinski definition) is 5. The molecule has 0 radical (unpaired) electrons. The van der Waals surface area contributed by atoms with E-state index in [-0.39, 0.29) is 29.5 Å². The molecule has 120 valence electrons. The summed E-state index contributed by atoms with van der Waals surface area (Å²) in [5, 5.41) is 12.8. The number of pyridine rings is 1. The van der Waals surface area contributed by atoms with Crippen molar-refractivity contribution in [2.24, 2.45) is 0 Å². The van der Waals surface area contributed by atoms with Crippen molar-refractivity contribution in [1.82, 2.24) is 10.3 Å². The molecule has 0 saturated heterocycles. The molecule has 1 rings (SSSR count). The Morgan fingerprint density at radius 3 is 2.43 bits per heavy atom. The normalized spacial score (nSPS) is 13.3. The highest BCUT2D eigenvalue weighted by Gasteiger charge is 2.22. The number of nitrogens with zero attached hydrogens (tertiary/aromatic N) is 1. The van der Waals surface area contributed by atoms with E-state index in [1.54, 1.807) is 0 Å².